The fourth-order valence-corrected chi connectivity index (χ4v) is 1.33. The Morgan fingerprint density at radius 3 is 2.92 bits per heavy atom. The number of rotatable bonds is 3. The first-order valence-corrected chi connectivity index (χ1v) is 4.85. The van der Waals surface area contributed by atoms with Crippen LogP contribution in [0, 0.1) is 5.82 Å². The highest BCUT2D eigenvalue weighted by atomic mass is 79.9. The molecule has 0 aromatic heterocycles. The Kier molecular flexibility index (Phi) is 4.12. The lowest BCUT2D eigenvalue weighted by Gasteiger charge is -1.97. The second-order valence-corrected chi connectivity index (χ2v) is 3.50. The molecule has 0 aliphatic heterocycles. The fraction of sp³-hybridized carbons (Fsp3) is 0.200. The summed E-state index contributed by atoms with van der Waals surface area (Å²) < 4.78 is 13.7. The first-order valence-electron chi connectivity index (χ1n) is 4.05. The minimum atomic E-state index is -0.226. The van der Waals surface area contributed by atoms with Gasteiger partial charge in [0, 0.05) is 4.47 Å². The van der Waals surface area contributed by atoms with Gasteiger partial charge in [-0.2, -0.15) is 0 Å². The summed E-state index contributed by atoms with van der Waals surface area (Å²) in [5, 5.41) is 0. The van der Waals surface area contributed by atoms with E-state index in [9.17, 15) is 4.39 Å². The highest BCUT2D eigenvalue weighted by Crippen LogP contribution is 2.19. The lowest BCUT2D eigenvalue weighted by Crippen LogP contribution is -1.95. The molecule has 1 aromatic carbocycles. The van der Waals surface area contributed by atoms with Crippen molar-refractivity contribution in [1.82, 2.24) is 0 Å². The largest absolute Gasteiger partial charge is 0.330 e. The van der Waals surface area contributed by atoms with Crippen LogP contribution in [0.2, 0.25) is 0 Å². The van der Waals surface area contributed by atoms with Gasteiger partial charge in [0.05, 0.1) is 0 Å². The van der Waals surface area contributed by atoms with Crippen molar-refractivity contribution in [3.05, 3.63) is 40.1 Å². The molecule has 0 spiro atoms. The van der Waals surface area contributed by atoms with Gasteiger partial charge in [-0.3, -0.25) is 0 Å². The van der Waals surface area contributed by atoms with Gasteiger partial charge in [0.25, 0.3) is 0 Å². The third-order valence-corrected chi connectivity index (χ3v) is 2.31. The molecule has 0 atom stereocenters. The van der Waals surface area contributed by atoms with Crippen LogP contribution in [0.15, 0.2) is 28.7 Å². The van der Waals surface area contributed by atoms with Crippen LogP contribution in [0.5, 0.6) is 0 Å². The molecule has 0 radical (unpaired) electrons. The summed E-state index contributed by atoms with van der Waals surface area (Å²) in [6.45, 7) is 0.615. The highest BCUT2D eigenvalue weighted by molar-refractivity contribution is 9.10. The first-order chi connectivity index (χ1) is 6.24. The van der Waals surface area contributed by atoms with Crippen LogP contribution >= 0.6 is 15.9 Å². The molecule has 0 saturated carbocycles. The van der Waals surface area contributed by atoms with Crippen molar-refractivity contribution in [3.63, 3.8) is 0 Å². The summed E-state index contributed by atoms with van der Waals surface area (Å²) >= 11 is 3.33. The Hall–Kier alpha value is -0.670. The zero-order valence-electron chi connectivity index (χ0n) is 7.13. The van der Waals surface area contributed by atoms with Crippen molar-refractivity contribution in [3.8, 4) is 0 Å². The molecule has 0 fully saturated rings. The maximum atomic E-state index is 12.8. The zero-order chi connectivity index (χ0) is 9.68. The van der Waals surface area contributed by atoms with Crippen molar-refractivity contribution in [2.45, 2.75) is 6.42 Å². The van der Waals surface area contributed by atoms with Crippen molar-refractivity contribution in [1.29, 1.82) is 0 Å². The number of halogens is 2. The second-order valence-electron chi connectivity index (χ2n) is 2.65. The van der Waals surface area contributed by atoms with E-state index < -0.39 is 0 Å². The van der Waals surface area contributed by atoms with Crippen molar-refractivity contribution >= 4 is 22.0 Å². The molecule has 0 unspecified atom stereocenters. The Morgan fingerprint density at radius 1 is 1.46 bits per heavy atom. The van der Waals surface area contributed by atoms with E-state index in [0.717, 1.165) is 16.5 Å². The fourth-order valence-electron chi connectivity index (χ4n) is 0.949. The van der Waals surface area contributed by atoms with Gasteiger partial charge in [-0.25, -0.2) is 4.39 Å². The Morgan fingerprint density at radius 2 is 2.23 bits per heavy atom. The van der Waals surface area contributed by atoms with Crippen LogP contribution in [0.1, 0.15) is 12.0 Å². The molecule has 0 aliphatic carbocycles. The Bertz CT molecular complexity index is 310. The van der Waals surface area contributed by atoms with Crippen LogP contribution in [0.3, 0.4) is 0 Å². The van der Waals surface area contributed by atoms with E-state index in [2.05, 4.69) is 15.9 Å². The van der Waals surface area contributed by atoms with Crippen LogP contribution in [0.4, 0.5) is 4.39 Å². The maximum absolute atomic E-state index is 12.8. The molecule has 0 saturated heterocycles. The first kappa shape index (κ1) is 10.4. The van der Waals surface area contributed by atoms with Crippen molar-refractivity contribution in [2.75, 3.05) is 6.54 Å². The van der Waals surface area contributed by atoms with E-state index in [0.29, 0.717) is 6.54 Å². The van der Waals surface area contributed by atoms with Gasteiger partial charge in [0.1, 0.15) is 5.82 Å². The van der Waals surface area contributed by atoms with Gasteiger partial charge in [-0.1, -0.05) is 28.1 Å². The third kappa shape index (κ3) is 3.28. The Balaban J connectivity index is 2.81. The number of hydrogen-bond donors (Lipinski definition) is 1. The number of hydrogen-bond acceptors (Lipinski definition) is 1. The molecule has 1 nitrogen and oxygen atoms in total. The summed E-state index contributed by atoms with van der Waals surface area (Å²) in [4.78, 5) is 0. The third-order valence-electron chi connectivity index (χ3n) is 1.59. The Labute approximate surface area is 85.6 Å². The van der Waals surface area contributed by atoms with Crippen molar-refractivity contribution < 1.29 is 4.39 Å². The van der Waals surface area contributed by atoms with Gasteiger partial charge >= 0.3 is 0 Å². The van der Waals surface area contributed by atoms with E-state index in [1.54, 1.807) is 6.07 Å². The van der Waals surface area contributed by atoms with Crippen molar-refractivity contribution in [2.24, 2.45) is 5.73 Å². The predicted octanol–water partition coefficient (Wildman–Crippen LogP) is 2.95. The quantitative estimate of drug-likeness (QED) is 0.869. The van der Waals surface area contributed by atoms with E-state index in [1.807, 2.05) is 12.2 Å². The lowest BCUT2D eigenvalue weighted by molar-refractivity contribution is 0.627. The average Bonchev–Trinajstić information content (AvgIpc) is 2.11. The SMILES string of the molecule is NCC/C=C/c1cc(F)ccc1Br. The summed E-state index contributed by atoms with van der Waals surface area (Å²) in [6.07, 6.45) is 4.60. The summed E-state index contributed by atoms with van der Waals surface area (Å²) in [7, 11) is 0. The topological polar surface area (TPSA) is 26.0 Å². The van der Waals surface area contributed by atoms with Crippen LogP contribution in [0.25, 0.3) is 6.08 Å². The van der Waals surface area contributed by atoms with Gasteiger partial charge in [0.15, 0.2) is 0 Å². The molecule has 13 heavy (non-hydrogen) atoms. The van der Waals surface area contributed by atoms with Crippen LogP contribution < -0.4 is 5.73 Å². The smallest absolute Gasteiger partial charge is 0.123 e. The minimum absolute atomic E-state index is 0.226. The normalized spacial score (nSPS) is 11.0. The molecule has 2 N–H and O–H groups in total. The van der Waals surface area contributed by atoms with Crippen LogP contribution in [-0.2, 0) is 0 Å². The summed E-state index contributed by atoms with van der Waals surface area (Å²) in [5.74, 6) is -0.226. The van der Waals surface area contributed by atoms with E-state index in [1.165, 1.54) is 12.1 Å². The van der Waals surface area contributed by atoms with Gasteiger partial charge in [-0.05, 0) is 36.7 Å². The minimum Gasteiger partial charge on any atom is -0.330 e. The molecule has 70 valence electrons. The predicted molar refractivity (Wildman–Crippen MR) is 56.8 cm³/mol. The number of nitrogens with two attached hydrogens (primary N) is 1. The zero-order valence-corrected chi connectivity index (χ0v) is 8.72. The van der Waals surface area contributed by atoms with Gasteiger partial charge < -0.3 is 5.73 Å². The van der Waals surface area contributed by atoms with Crippen LogP contribution in [-0.4, -0.2) is 6.54 Å². The molecule has 1 aromatic rings. The summed E-state index contributed by atoms with van der Waals surface area (Å²) in [6, 6.07) is 4.60. The van der Waals surface area contributed by atoms with E-state index >= 15 is 0 Å². The monoisotopic (exact) mass is 243 g/mol. The standard InChI is InChI=1S/C10H11BrFN/c11-10-5-4-9(12)7-8(10)3-1-2-6-13/h1,3-5,7H,2,6,13H2/b3-1+. The average molecular weight is 244 g/mol. The molecule has 3 heteroatoms. The molecule has 0 aliphatic rings. The molecule has 0 heterocycles. The molecule has 0 amide bonds. The highest BCUT2D eigenvalue weighted by Gasteiger charge is 1.96. The van der Waals surface area contributed by atoms with E-state index in [-0.39, 0.29) is 5.82 Å². The lowest BCUT2D eigenvalue weighted by atomic mass is 10.2. The van der Waals surface area contributed by atoms with Gasteiger partial charge in [0.2, 0.25) is 0 Å². The van der Waals surface area contributed by atoms with E-state index in [4.69, 9.17) is 5.73 Å². The second kappa shape index (κ2) is 5.14. The molecule has 1 rings (SSSR count). The number of benzene rings is 1. The molecule has 0 bridgehead atoms. The molecular weight excluding hydrogens is 233 g/mol. The summed E-state index contributed by atoms with van der Waals surface area (Å²) in [5.41, 5.74) is 6.16. The van der Waals surface area contributed by atoms with Gasteiger partial charge in [-0.15, -0.1) is 0 Å². The molecular formula is C10H11BrFN. The maximum Gasteiger partial charge on any atom is 0.123 e.